The van der Waals surface area contributed by atoms with E-state index in [2.05, 4.69) is 4.98 Å². The van der Waals surface area contributed by atoms with Crippen LogP contribution in [0.2, 0.25) is 0 Å². The fraction of sp³-hybridized carbons (Fsp3) is 0.333. The quantitative estimate of drug-likeness (QED) is 0.896. The maximum absolute atomic E-state index is 11.9. The van der Waals surface area contributed by atoms with Gasteiger partial charge in [-0.05, 0) is 24.1 Å². The van der Waals surface area contributed by atoms with Crippen molar-refractivity contribution in [1.29, 1.82) is 0 Å². The van der Waals surface area contributed by atoms with Crippen LogP contribution in [0.4, 0.5) is 0 Å². The highest BCUT2D eigenvalue weighted by molar-refractivity contribution is 7.89. The number of rotatable bonds is 4. The normalized spacial score (nSPS) is 19.0. The zero-order valence-corrected chi connectivity index (χ0v) is 12.8. The van der Waals surface area contributed by atoms with E-state index in [1.165, 1.54) is 0 Å². The number of pyridine rings is 1. The molecule has 1 saturated heterocycles. The summed E-state index contributed by atoms with van der Waals surface area (Å²) in [6.07, 6.45) is 2.39. The Labute approximate surface area is 129 Å². The predicted molar refractivity (Wildman–Crippen MR) is 83.5 cm³/mol. The van der Waals surface area contributed by atoms with Crippen LogP contribution in [-0.4, -0.2) is 42.5 Å². The van der Waals surface area contributed by atoms with Crippen molar-refractivity contribution in [2.75, 3.05) is 13.1 Å². The summed E-state index contributed by atoms with van der Waals surface area (Å²) in [5, 5.41) is 5.40. The summed E-state index contributed by atoms with van der Waals surface area (Å²) in [6.45, 7) is 0.666. The van der Waals surface area contributed by atoms with Crippen LogP contribution in [0.1, 0.15) is 12.0 Å². The molecule has 1 unspecified atom stereocenters. The number of nitrogens with two attached hydrogens (primary N) is 1. The summed E-state index contributed by atoms with van der Waals surface area (Å²) < 4.78 is 22.7. The topological polar surface area (TPSA) is 93.4 Å². The summed E-state index contributed by atoms with van der Waals surface area (Å²) in [5.74, 6) is -0.155. The van der Waals surface area contributed by atoms with Gasteiger partial charge in [-0.3, -0.25) is 9.78 Å². The van der Waals surface area contributed by atoms with Crippen molar-refractivity contribution in [1.82, 2.24) is 9.88 Å². The van der Waals surface area contributed by atoms with Crippen molar-refractivity contribution in [3.8, 4) is 0 Å². The number of benzene rings is 1. The van der Waals surface area contributed by atoms with E-state index in [1.807, 2.05) is 30.3 Å². The molecule has 2 N–H and O–H groups in total. The monoisotopic (exact) mass is 319 g/mol. The second-order valence-electron chi connectivity index (χ2n) is 5.49. The van der Waals surface area contributed by atoms with Gasteiger partial charge in [-0.1, -0.05) is 18.2 Å². The largest absolute Gasteiger partial charge is 0.341 e. The van der Waals surface area contributed by atoms with E-state index in [4.69, 9.17) is 5.14 Å². The third kappa shape index (κ3) is 2.95. The van der Waals surface area contributed by atoms with Gasteiger partial charge in [-0.2, -0.15) is 0 Å². The van der Waals surface area contributed by atoms with Crippen molar-refractivity contribution in [3.63, 3.8) is 0 Å². The molecule has 1 aromatic heterocycles. The van der Waals surface area contributed by atoms with E-state index >= 15 is 0 Å². The number of carbonyl (C=O) groups is 1. The zero-order chi connectivity index (χ0) is 15.7. The molecule has 6 nitrogen and oxygen atoms in total. The van der Waals surface area contributed by atoms with E-state index in [0.29, 0.717) is 13.0 Å². The van der Waals surface area contributed by atoms with Gasteiger partial charge in [-0.15, -0.1) is 0 Å². The molecule has 1 aliphatic rings. The summed E-state index contributed by atoms with van der Waals surface area (Å²) >= 11 is 0. The first kappa shape index (κ1) is 14.9. The van der Waals surface area contributed by atoms with E-state index in [-0.39, 0.29) is 18.9 Å². The molecule has 0 saturated carbocycles. The molecule has 1 aromatic carbocycles. The molecule has 1 fully saturated rings. The number of sulfonamides is 1. The van der Waals surface area contributed by atoms with Crippen molar-refractivity contribution >= 4 is 26.8 Å². The lowest BCUT2D eigenvalue weighted by Crippen LogP contribution is -2.33. The van der Waals surface area contributed by atoms with E-state index in [9.17, 15) is 13.2 Å². The number of carbonyl (C=O) groups excluding carboxylic acids is 1. The number of primary sulfonamides is 1. The molecule has 22 heavy (non-hydrogen) atoms. The number of likely N-dealkylation sites (tertiary alicyclic amines) is 1. The summed E-state index contributed by atoms with van der Waals surface area (Å²) in [5.41, 5.74) is 2.01. The first-order valence-electron chi connectivity index (χ1n) is 7.07. The van der Waals surface area contributed by atoms with Gasteiger partial charge < -0.3 is 4.90 Å². The molecular formula is C15H17N3O3S. The number of fused-ring (bicyclic) bond motifs is 1. The average molecular weight is 319 g/mol. The lowest BCUT2D eigenvalue weighted by atomic mass is 10.1. The van der Waals surface area contributed by atoms with Gasteiger partial charge in [0, 0.05) is 31.1 Å². The van der Waals surface area contributed by atoms with E-state index in [0.717, 1.165) is 16.5 Å². The zero-order valence-electron chi connectivity index (χ0n) is 12.0. The predicted octanol–water partition coefficient (Wildman–Crippen LogP) is 0.667. The summed E-state index contributed by atoms with van der Waals surface area (Å²) in [6, 6.07) is 9.75. The van der Waals surface area contributed by atoms with Crippen LogP contribution in [0.25, 0.3) is 10.9 Å². The van der Waals surface area contributed by atoms with Crippen LogP contribution >= 0.6 is 0 Å². The highest BCUT2D eigenvalue weighted by Crippen LogP contribution is 2.20. The number of nitrogens with zero attached hydrogens (tertiary/aromatic N) is 2. The molecule has 7 heteroatoms. The Morgan fingerprint density at radius 3 is 2.77 bits per heavy atom. The first-order valence-corrected chi connectivity index (χ1v) is 8.68. The van der Waals surface area contributed by atoms with E-state index in [1.54, 1.807) is 11.1 Å². The van der Waals surface area contributed by atoms with Crippen LogP contribution in [0, 0.1) is 0 Å². The van der Waals surface area contributed by atoms with Gasteiger partial charge in [-0.25, -0.2) is 13.6 Å². The molecule has 1 atom stereocenters. The Bertz CT molecular complexity index is 814. The molecule has 3 rings (SSSR count). The molecule has 0 bridgehead atoms. The smallest absolute Gasteiger partial charge is 0.224 e. The molecule has 116 valence electrons. The van der Waals surface area contributed by atoms with Crippen molar-refractivity contribution in [3.05, 3.63) is 42.1 Å². The lowest BCUT2D eigenvalue weighted by molar-refractivity contribution is -0.127. The second kappa shape index (κ2) is 5.66. The van der Waals surface area contributed by atoms with Crippen LogP contribution in [0.15, 0.2) is 36.5 Å². The first-order chi connectivity index (χ1) is 10.4. The Morgan fingerprint density at radius 2 is 2.05 bits per heavy atom. The number of hydrogen-bond donors (Lipinski definition) is 1. The van der Waals surface area contributed by atoms with Gasteiger partial charge in [0.2, 0.25) is 15.9 Å². The fourth-order valence-electron chi connectivity index (χ4n) is 2.80. The number of amides is 1. The summed E-state index contributed by atoms with van der Waals surface area (Å²) in [4.78, 5) is 17.8. The number of para-hydroxylation sites is 1. The van der Waals surface area contributed by atoms with Gasteiger partial charge in [0.15, 0.2) is 0 Å². The maximum atomic E-state index is 11.9. The fourth-order valence-corrected chi connectivity index (χ4v) is 3.56. The van der Waals surface area contributed by atoms with E-state index < -0.39 is 15.3 Å². The van der Waals surface area contributed by atoms with Gasteiger partial charge in [0.25, 0.3) is 0 Å². The SMILES string of the molecule is NS(=O)(=O)C1CC(=O)N(CCc2ccnc3ccccc23)C1. The standard InChI is InChI=1S/C15H17N3O3S/c16-22(20,21)12-9-15(19)18(10-12)8-6-11-5-7-17-14-4-2-1-3-13(11)14/h1-5,7,12H,6,8-10H2,(H2,16,20,21). The van der Waals surface area contributed by atoms with Crippen molar-refractivity contribution < 1.29 is 13.2 Å². The van der Waals surface area contributed by atoms with Crippen molar-refractivity contribution in [2.24, 2.45) is 5.14 Å². The molecule has 0 radical (unpaired) electrons. The van der Waals surface area contributed by atoms with Crippen LogP contribution in [0.3, 0.4) is 0 Å². The van der Waals surface area contributed by atoms with Crippen LogP contribution < -0.4 is 5.14 Å². The number of hydrogen-bond acceptors (Lipinski definition) is 4. The second-order valence-corrected chi connectivity index (χ2v) is 7.34. The Balaban J connectivity index is 1.74. The van der Waals surface area contributed by atoms with Crippen LogP contribution in [0.5, 0.6) is 0 Å². The molecular weight excluding hydrogens is 302 g/mol. The van der Waals surface area contributed by atoms with Crippen molar-refractivity contribution in [2.45, 2.75) is 18.1 Å². The molecule has 2 heterocycles. The third-order valence-electron chi connectivity index (χ3n) is 4.03. The molecule has 0 spiro atoms. The Morgan fingerprint density at radius 1 is 1.27 bits per heavy atom. The molecule has 1 amide bonds. The highest BCUT2D eigenvalue weighted by atomic mass is 32.2. The molecule has 1 aliphatic heterocycles. The minimum Gasteiger partial charge on any atom is -0.341 e. The van der Waals surface area contributed by atoms with Gasteiger partial charge in [0.1, 0.15) is 5.25 Å². The minimum atomic E-state index is -3.66. The Kier molecular flexibility index (Phi) is 3.84. The van der Waals surface area contributed by atoms with Gasteiger partial charge in [0.05, 0.1) is 5.52 Å². The summed E-state index contributed by atoms with van der Waals surface area (Å²) in [7, 11) is -3.66. The average Bonchev–Trinajstić information content (AvgIpc) is 2.86. The lowest BCUT2D eigenvalue weighted by Gasteiger charge is -2.16. The minimum absolute atomic E-state index is 0.0179. The molecule has 0 aliphatic carbocycles. The maximum Gasteiger partial charge on any atom is 0.224 e. The Hall–Kier alpha value is -1.99. The van der Waals surface area contributed by atoms with Gasteiger partial charge >= 0.3 is 0 Å². The number of aromatic nitrogens is 1. The third-order valence-corrected chi connectivity index (χ3v) is 5.28. The highest BCUT2D eigenvalue weighted by Gasteiger charge is 2.36. The van der Waals surface area contributed by atoms with Crippen LogP contribution in [-0.2, 0) is 21.2 Å². The molecule has 2 aromatic rings.